The molecule has 0 bridgehead atoms. The van der Waals surface area contributed by atoms with Crippen LogP contribution in [0.1, 0.15) is 10.6 Å². The molecular formula is C23H15N5O4. The van der Waals surface area contributed by atoms with Crippen LogP contribution >= 0.6 is 0 Å². The second-order valence-electron chi connectivity index (χ2n) is 6.72. The van der Waals surface area contributed by atoms with Crippen LogP contribution in [0.3, 0.4) is 0 Å². The fourth-order valence-electron chi connectivity index (χ4n) is 3.05. The van der Waals surface area contributed by atoms with Crippen LogP contribution in [-0.4, -0.2) is 25.7 Å². The van der Waals surface area contributed by atoms with E-state index in [0.29, 0.717) is 34.1 Å². The summed E-state index contributed by atoms with van der Waals surface area (Å²) in [6.07, 6.45) is 4.80. The lowest BCUT2D eigenvalue weighted by Crippen LogP contribution is -2.14. The first-order valence-electron chi connectivity index (χ1n) is 9.60. The molecule has 156 valence electrons. The largest absolute Gasteiger partial charge is 0.451 e. The highest BCUT2D eigenvalue weighted by Crippen LogP contribution is 2.23. The van der Waals surface area contributed by atoms with E-state index < -0.39 is 5.91 Å². The Morgan fingerprint density at radius 3 is 2.66 bits per heavy atom. The Morgan fingerprint density at radius 1 is 1.00 bits per heavy atom. The number of benzene rings is 2. The van der Waals surface area contributed by atoms with Crippen LogP contribution in [0.2, 0.25) is 0 Å². The van der Waals surface area contributed by atoms with Gasteiger partial charge in [-0.1, -0.05) is 12.1 Å². The number of hydrogen-bond acceptors (Lipinski definition) is 7. The van der Waals surface area contributed by atoms with Crippen LogP contribution in [0.4, 0.5) is 5.69 Å². The normalized spacial score (nSPS) is 10.8. The van der Waals surface area contributed by atoms with Gasteiger partial charge < -0.3 is 14.5 Å². The lowest BCUT2D eigenvalue weighted by molar-refractivity contribution is 0.0997. The van der Waals surface area contributed by atoms with Gasteiger partial charge in [-0.15, -0.1) is 0 Å². The van der Waals surface area contributed by atoms with Gasteiger partial charge in [-0.05, 0) is 42.5 Å². The van der Waals surface area contributed by atoms with E-state index in [9.17, 15) is 9.59 Å². The van der Waals surface area contributed by atoms with Gasteiger partial charge in [-0.3, -0.25) is 9.59 Å². The van der Waals surface area contributed by atoms with E-state index in [2.05, 4.69) is 20.4 Å². The molecule has 0 radical (unpaired) electrons. The Labute approximate surface area is 180 Å². The van der Waals surface area contributed by atoms with Gasteiger partial charge in [0.25, 0.3) is 5.91 Å². The van der Waals surface area contributed by atoms with Crippen molar-refractivity contribution in [1.82, 2.24) is 19.7 Å². The number of para-hydroxylation sites is 1. The van der Waals surface area contributed by atoms with E-state index in [1.54, 1.807) is 77.7 Å². The summed E-state index contributed by atoms with van der Waals surface area (Å²) in [4.78, 5) is 33.0. The standard InChI is InChI=1S/C23H15N5O4/c29-18-12-20(32-19-5-2-1-4-17(18)19)23(30)27-15-6-8-16(9-7-15)31-22-13-21(24-14-25-22)28-11-3-10-26-28/h1-14H,(H,27,30). The molecule has 3 heterocycles. The van der Waals surface area contributed by atoms with Crippen LogP contribution in [0.25, 0.3) is 16.8 Å². The fraction of sp³-hybridized carbons (Fsp3) is 0. The highest BCUT2D eigenvalue weighted by molar-refractivity contribution is 6.03. The summed E-state index contributed by atoms with van der Waals surface area (Å²) < 4.78 is 12.9. The van der Waals surface area contributed by atoms with Gasteiger partial charge in [-0.2, -0.15) is 5.10 Å². The number of rotatable bonds is 5. The molecule has 0 aliphatic heterocycles. The summed E-state index contributed by atoms with van der Waals surface area (Å²) in [7, 11) is 0. The molecular weight excluding hydrogens is 410 g/mol. The Kier molecular flexibility index (Phi) is 4.89. The number of aromatic nitrogens is 4. The predicted octanol–water partition coefficient (Wildman–Crippen LogP) is 3.81. The monoisotopic (exact) mass is 425 g/mol. The van der Waals surface area contributed by atoms with Crippen molar-refractivity contribution >= 4 is 22.6 Å². The molecule has 0 atom stereocenters. The maximum atomic E-state index is 12.5. The summed E-state index contributed by atoms with van der Waals surface area (Å²) in [5, 5.41) is 7.25. The topological polar surface area (TPSA) is 112 Å². The number of carbonyl (C=O) groups is 1. The van der Waals surface area contributed by atoms with Crippen molar-refractivity contribution in [1.29, 1.82) is 0 Å². The minimum absolute atomic E-state index is 0.0684. The molecule has 1 N–H and O–H groups in total. The molecule has 9 heteroatoms. The molecule has 0 aliphatic rings. The quantitative estimate of drug-likeness (QED) is 0.456. The van der Waals surface area contributed by atoms with Gasteiger partial charge in [0.1, 0.15) is 17.7 Å². The minimum Gasteiger partial charge on any atom is -0.451 e. The maximum absolute atomic E-state index is 12.5. The average Bonchev–Trinajstić information content (AvgIpc) is 3.36. The summed E-state index contributed by atoms with van der Waals surface area (Å²) >= 11 is 0. The zero-order chi connectivity index (χ0) is 21.9. The Hall–Kier alpha value is -4.79. The van der Waals surface area contributed by atoms with Crippen molar-refractivity contribution in [3.05, 3.63) is 101 Å². The zero-order valence-corrected chi connectivity index (χ0v) is 16.5. The summed E-state index contributed by atoms with van der Waals surface area (Å²) in [5.74, 6) is 0.841. The third kappa shape index (κ3) is 3.94. The third-order valence-corrected chi connectivity index (χ3v) is 4.56. The van der Waals surface area contributed by atoms with Crippen LogP contribution < -0.4 is 15.5 Å². The lowest BCUT2D eigenvalue weighted by atomic mass is 10.2. The van der Waals surface area contributed by atoms with Crippen molar-refractivity contribution in [3.63, 3.8) is 0 Å². The predicted molar refractivity (Wildman–Crippen MR) is 116 cm³/mol. The van der Waals surface area contributed by atoms with E-state index in [1.165, 1.54) is 12.4 Å². The van der Waals surface area contributed by atoms with Crippen molar-refractivity contribution in [2.45, 2.75) is 0 Å². The second-order valence-corrected chi connectivity index (χ2v) is 6.72. The fourth-order valence-corrected chi connectivity index (χ4v) is 3.05. The Balaban J connectivity index is 1.30. The molecule has 5 rings (SSSR count). The van der Waals surface area contributed by atoms with Crippen LogP contribution in [0.15, 0.2) is 94.7 Å². The second kappa shape index (κ2) is 8.15. The summed E-state index contributed by atoms with van der Waals surface area (Å²) in [5.41, 5.74) is 0.589. The highest BCUT2D eigenvalue weighted by Gasteiger charge is 2.13. The molecule has 32 heavy (non-hydrogen) atoms. The van der Waals surface area contributed by atoms with Gasteiger partial charge in [0.05, 0.1) is 5.39 Å². The Morgan fingerprint density at radius 2 is 1.84 bits per heavy atom. The number of nitrogens with zero attached hydrogens (tertiary/aromatic N) is 4. The Bertz CT molecular complexity index is 1460. The number of nitrogens with one attached hydrogen (secondary N) is 1. The van der Waals surface area contributed by atoms with Crippen molar-refractivity contribution in [2.75, 3.05) is 5.32 Å². The van der Waals surface area contributed by atoms with E-state index in [-0.39, 0.29) is 11.2 Å². The van der Waals surface area contributed by atoms with E-state index in [4.69, 9.17) is 9.15 Å². The molecule has 0 fully saturated rings. The van der Waals surface area contributed by atoms with Gasteiger partial charge in [0.15, 0.2) is 17.0 Å². The molecule has 2 aromatic carbocycles. The minimum atomic E-state index is -0.527. The van der Waals surface area contributed by atoms with Gasteiger partial charge in [0, 0.05) is 30.2 Å². The van der Waals surface area contributed by atoms with Crippen LogP contribution in [0, 0.1) is 0 Å². The molecule has 5 aromatic rings. The number of hydrogen-bond donors (Lipinski definition) is 1. The smallest absolute Gasteiger partial charge is 0.291 e. The van der Waals surface area contributed by atoms with Crippen molar-refractivity contribution in [2.24, 2.45) is 0 Å². The maximum Gasteiger partial charge on any atom is 0.291 e. The highest BCUT2D eigenvalue weighted by atomic mass is 16.5. The summed E-state index contributed by atoms with van der Waals surface area (Å²) in [6, 6.07) is 18.1. The molecule has 0 unspecified atom stereocenters. The molecule has 1 amide bonds. The van der Waals surface area contributed by atoms with Crippen LogP contribution in [-0.2, 0) is 0 Å². The SMILES string of the molecule is O=C(Nc1ccc(Oc2cc(-n3cccn3)ncn2)cc1)c1cc(=O)c2ccccc2o1. The first-order valence-corrected chi connectivity index (χ1v) is 9.60. The number of fused-ring (bicyclic) bond motifs is 1. The molecule has 0 aliphatic carbocycles. The average molecular weight is 425 g/mol. The van der Waals surface area contributed by atoms with Gasteiger partial charge in [0.2, 0.25) is 5.88 Å². The van der Waals surface area contributed by atoms with E-state index >= 15 is 0 Å². The third-order valence-electron chi connectivity index (χ3n) is 4.56. The number of carbonyl (C=O) groups excluding carboxylic acids is 1. The molecule has 9 nitrogen and oxygen atoms in total. The lowest BCUT2D eigenvalue weighted by Gasteiger charge is -2.08. The first-order chi connectivity index (χ1) is 15.7. The number of ether oxygens (including phenoxy) is 1. The number of amides is 1. The van der Waals surface area contributed by atoms with E-state index in [0.717, 1.165) is 0 Å². The van der Waals surface area contributed by atoms with Crippen molar-refractivity contribution in [3.8, 4) is 17.4 Å². The molecule has 0 spiro atoms. The molecule has 0 saturated carbocycles. The van der Waals surface area contributed by atoms with Crippen molar-refractivity contribution < 1.29 is 13.9 Å². The molecule has 3 aromatic heterocycles. The first kappa shape index (κ1) is 19.2. The molecule has 0 saturated heterocycles. The number of anilines is 1. The van der Waals surface area contributed by atoms with E-state index in [1.807, 2.05) is 0 Å². The summed E-state index contributed by atoms with van der Waals surface area (Å²) in [6.45, 7) is 0. The van der Waals surface area contributed by atoms with Crippen LogP contribution in [0.5, 0.6) is 11.6 Å². The van der Waals surface area contributed by atoms with Gasteiger partial charge in [-0.25, -0.2) is 14.6 Å². The van der Waals surface area contributed by atoms with Gasteiger partial charge >= 0.3 is 0 Å². The zero-order valence-electron chi connectivity index (χ0n) is 16.5.